The summed E-state index contributed by atoms with van der Waals surface area (Å²) in [4.78, 5) is 21.7. The number of nitrogens with zero attached hydrogens (tertiary/aromatic N) is 3. The first-order chi connectivity index (χ1) is 9.62. The highest BCUT2D eigenvalue weighted by molar-refractivity contribution is 6.28. The molecule has 1 aliphatic heterocycles. The van der Waals surface area contributed by atoms with Crippen LogP contribution in [0, 0.1) is 0 Å². The average Bonchev–Trinajstić information content (AvgIpc) is 2.87. The van der Waals surface area contributed by atoms with E-state index in [1.54, 1.807) is 0 Å². The molecule has 0 aromatic carbocycles. The normalized spacial score (nSPS) is 18.4. The molecule has 0 saturated carbocycles. The number of amides is 1. The van der Waals surface area contributed by atoms with Gasteiger partial charge in [0.05, 0.1) is 0 Å². The Hall–Kier alpha value is -1.40. The zero-order valence-electron chi connectivity index (χ0n) is 11.5. The van der Waals surface area contributed by atoms with E-state index in [0.717, 1.165) is 37.3 Å². The largest absolute Gasteiger partial charge is 0.387 e. The first-order valence-electron chi connectivity index (χ1n) is 6.81. The third-order valence-electron chi connectivity index (χ3n) is 3.27. The molecular formula is C13H19ClN4O2. The zero-order chi connectivity index (χ0) is 14.5. The van der Waals surface area contributed by atoms with Crippen molar-refractivity contribution in [1.82, 2.24) is 15.3 Å². The van der Waals surface area contributed by atoms with Gasteiger partial charge in [0.25, 0.3) is 0 Å². The summed E-state index contributed by atoms with van der Waals surface area (Å²) < 4.78 is 0. The maximum atomic E-state index is 11.2. The maximum Gasteiger partial charge on any atom is 0.245 e. The van der Waals surface area contributed by atoms with Gasteiger partial charge in [-0.1, -0.05) is 13.3 Å². The van der Waals surface area contributed by atoms with E-state index in [4.69, 9.17) is 16.7 Å². The first-order valence-corrected chi connectivity index (χ1v) is 7.18. The van der Waals surface area contributed by atoms with Crippen molar-refractivity contribution in [2.24, 2.45) is 0 Å². The van der Waals surface area contributed by atoms with Gasteiger partial charge in [0.2, 0.25) is 11.2 Å². The molecule has 0 spiro atoms. The minimum atomic E-state index is -0.476. The minimum Gasteiger partial charge on any atom is -0.387 e. The molecule has 0 unspecified atom stereocenters. The number of carbonyl (C=O) groups is 1. The number of aliphatic hydroxyl groups is 1. The molecule has 6 nitrogen and oxygen atoms in total. The summed E-state index contributed by atoms with van der Waals surface area (Å²) in [5.74, 6) is 0.457. The Morgan fingerprint density at radius 2 is 2.40 bits per heavy atom. The topological polar surface area (TPSA) is 78.4 Å². The van der Waals surface area contributed by atoms with Crippen molar-refractivity contribution in [3.05, 3.63) is 17.0 Å². The number of aliphatic hydroxyl groups excluding tert-OH is 1. The summed E-state index contributed by atoms with van der Waals surface area (Å²) in [6.07, 6.45) is 2.70. The standard InChI is InChI=1S/C13H19ClN4O2/c1-2-3-9-6-11(17-13(14)16-9)18-5-4-10(7-18)15-12(20)8-19/h6,10,19H,2-5,7-8H2,1H3,(H,15,20)/t10-/m0/s1. The highest BCUT2D eigenvalue weighted by Gasteiger charge is 2.25. The van der Waals surface area contributed by atoms with Crippen LogP contribution in [-0.4, -0.2) is 46.7 Å². The Morgan fingerprint density at radius 3 is 3.10 bits per heavy atom. The van der Waals surface area contributed by atoms with E-state index >= 15 is 0 Å². The van der Waals surface area contributed by atoms with Crippen molar-refractivity contribution >= 4 is 23.3 Å². The molecule has 0 radical (unpaired) electrons. The molecule has 0 bridgehead atoms. The molecule has 1 amide bonds. The molecule has 7 heteroatoms. The van der Waals surface area contributed by atoms with E-state index < -0.39 is 6.61 Å². The van der Waals surface area contributed by atoms with Crippen molar-refractivity contribution in [2.45, 2.75) is 32.2 Å². The van der Waals surface area contributed by atoms with Gasteiger partial charge in [-0.2, -0.15) is 0 Å². The Bertz CT molecular complexity index is 483. The SMILES string of the molecule is CCCc1cc(N2CC[C@H](NC(=O)CO)C2)nc(Cl)n1. The van der Waals surface area contributed by atoms with Gasteiger partial charge in [-0.15, -0.1) is 0 Å². The summed E-state index contributed by atoms with van der Waals surface area (Å²) in [6.45, 7) is 3.09. The van der Waals surface area contributed by atoms with Gasteiger partial charge in [-0.3, -0.25) is 4.79 Å². The smallest absolute Gasteiger partial charge is 0.245 e. The molecule has 2 rings (SSSR count). The maximum absolute atomic E-state index is 11.2. The van der Waals surface area contributed by atoms with E-state index in [2.05, 4.69) is 27.1 Å². The molecule has 1 fully saturated rings. The summed E-state index contributed by atoms with van der Waals surface area (Å²) in [7, 11) is 0. The Kier molecular flexibility index (Phi) is 5.14. The van der Waals surface area contributed by atoms with Crippen LogP contribution in [0.5, 0.6) is 0 Å². The molecule has 1 aromatic rings. The fraction of sp³-hybridized carbons (Fsp3) is 0.615. The highest BCUT2D eigenvalue weighted by atomic mass is 35.5. The lowest BCUT2D eigenvalue weighted by Crippen LogP contribution is -2.38. The van der Waals surface area contributed by atoms with Crippen LogP contribution < -0.4 is 10.2 Å². The molecule has 2 heterocycles. The molecule has 0 aliphatic carbocycles. The first kappa shape index (κ1) is 15.0. The van der Waals surface area contributed by atoms with Crippen LogP contribution in [0.25, 0.3) is 0 Å². The molecule has 110 valence electrons. The van der Waals surface area contributed by atoms with Crippen LogP contribution in [-0.2, 0) is 11.2 Å². The molecule has 20 heavy (non-hydrogen) atoms. The molecule has 1 aliphatic rings. The minimum absolute atomic E-state index is 0.0398. The summed E-state index contributed by atoms with van der Waals surface area (Å²) in [6, 6.07) is 1.99. The van der Waals surface area contributed by atoms with Crippen molar-refractivity contribution in [2.75, 3.05) is 24.6 Å². The van der Waals surface area contributed by atoms with Crippen LogP contribution in [0.3, 0.4) is 0 Å². The number of hydrogen-bond acceptors (Lipinski definition) is 5. The average molecular weight is 299 g/mol. The van der Waals surface area contributed by atoms with Gasteiger partial charge in [0, 0.05) is 30.9 Å². The summed E-state index contributed by atoms with van der Waals surface area (Å²) in [5, 5.41) is 11.8. The molecule has 1 saturated heterocycles. The van der Waals surface area contributed by atoms with Gasteiger partial charge in [0.1, 0.15) is 12.4 Å². The molecule has 1 atom stereocenters. The Morgan fingerprint density at radius 1 is 1.60 bits per heavy atom. The number of aryl methyl sites for hydroxylation is 1. The third-order valence-corrected chi connectivity index (χ3v) is 3.43. The Labute approximate surface area is 123 Å². The summed E-state index contributed by atoms with van der Waals surface area (Å²) >= 11 is 5.96. The van der Waals surface area contributed by atoms with Crippen LogP contribution in [0.4, 0.5) is 5.82 Å². The van der Waals surface area contributed by atoms with E-state index in [9.17, 15) is 4.79 Å². The monoisotopic (exact) mass is 298 g/mol. The Balaban J connectivity index is 2.04. The number of hydrogen-bond donors (Lipinski definition) is 2. The lowest BCUT2D eigenvalue weighted by molar-refractivity contribution is -0.124. The number of nitrogens with one attached hydrogen (secondary N) is 1. The molecular weight excluding hydrogens is 280 g/mol. The van der Waals surface area contributed by atoms with Gasteiger partial charge in [-0.25, -0.2) is 9.97 Å². The second-order valence-corrected chi connectivity index (χ2v) is 5.23. The zero-order valence-corrected chi connectivity index (χ0v) is 12.2. The predicted molar refractivity (Wildman–Crippen MR) is 76.9 cm³/mol. The number of halogens is 1. The second-order valence-electron chi connectivity index (χ2n) is 4.89. The van der Waals surface area contributed by atoms with Gasteiger partial charge >= 0.3 is 0 Å². The van der Waals surface area contributed by atoms with E-state index in [1.807, 2.05) is 6.07 Å². The van der Waals surface area contributed by atoms with Crippen LogP contribution in [0.2, 0.25) is 5.28 Å². The quantitative estimate of drug-likeness (QED) is 0.785. The van der Waals surface area contributed by atoms with E-state index in [1.165, 1.54) is 0 Å². The van der Waals surface area contributed by atoms with Gasteiger partial charge in [-0.05, 0) is 24.4 Å². The third kappa shape index (κ3) is 3.80. The fourth-order valence-corrected chi connectivity index (χ4v) is 2.55. The van der Waals surface area contributed by atoms with Crippen LogP contribution in [0.15, 0.2) is 6.07 Å². The van der Waals surface area contributed by atoms with E-state index in [-0.39, 0.29) is 17.2 Å². The predicted octanol–water partition coefficient (Wildman–Crippen LogP) is 0.770. The number of rotatable bonds is 5. The second kappa shape index (κ2) is 6.85. The number of anilines is 1. The van der Waals surface area contributed by atoms with Crippen molar-refractivity contribution in [3.8, 4) is 0 Å². The molecule has 2 N–H and O–H groups in total. The van der Waals surface area contributed by atoms with E-state index in [0.29, 0.717) is 6.54 Å². The van der Waals surface area contributed by atoms with Gasteiger partial charge in [0.15, 0.2) is 0 Å². The lowest BCUT2D eigenvalue weighted by Gasteiger charge is -2.18. The van der Waals surface area contributed by atoms with Gasteiger partial charge < -0.3 is 15.3 Å². The van der Waals surface area contributed by atoms with Crippen molar-refractivity contribution < 1.29 is 9.90 Å². The lowest BCUT2D eigenvalue weighted by atomic mass is 10.2. The van der Waals surface area contributed by atoms with Crippen LogP contribution in [0.1, 0.15) is 25.5 Å². The molecule has 1 aromatic heterocycles. The van der Waals surface area contributed by atoms with Crippen molar-refractivity contribution in [1.29, 1.82) is 0 Å². The highest BCUT2D eigenvalue weighted by Crippen LogP contribution is 2.21. The van der Waals surface area contributed by atoms with Crippen molar-refractivity contribution in [3.63, 3.8) is 0 Å². The summed E-state index contributed by atoms with van der Waals surface area (Å²) in [5.41, 5.74) is 0.936. The fourth-order valence-electron chi connectivity index (χ4n) is 2.36. The van der Waals surface area contributed by atoms with Crippen LogP contribution >= 0.6 is 11.6 Å². The number of aromatic nitrogens is 2. The number of carbonyl (C=O) groups excluding carboxylic acids is 1.